The van der Waals surface area contributed by atoms with Gasteiger partial charge in [0.2, 0.25) is 0 Å². The molecule has 1 aliphatic heterocycles. The number of carbonyl (C=O) groups excluding carboxylic acids is 1. The highest BCUT2D eigenvalue weighted by Crippen LogP contribution is 2.17. The topological polar surface area (TPSA) is 52.6 Å². The molecule has 1 fully saturated rings. The van der Waals surface area contributed by atoms with Crippen molar-refractivity contribution in [2.75, 3.05) is 24.6 Å². The molecular formula is C13H26N2O2S. The Kier molecular flexibility index (Phi) is 6.86. The summed E-state index contributed by atoms with van der Waals surface area (Å²) in [5, 5.41) is 12.8. The monoisotopic (exact) mass is 274 g/mol. The number of urea groups is 1. The second-order valence-corrected chi connectivity index (χ2v) is 6.51. The highest BCUT2D eigenvalue weighted by molar-refractivity contribution is 7.99. The first kappa shape index (κ1) is 15.6. The second-order valence-electron chi connectivity index (χ2n) is 5.12. The van der Waals surface area contributed by atoms with Crippen molar-refractivity contribution in [2.45, 2.75) is 45.8 Å². The molecule has 1 saturated heterocycles. The van der Waals surface area contributed by atoms with Crippen molar-refractivity contribution in [3.8, 4) is 0 Å². The van der Waals surface area contributed by atoms with Crippen LogP contribution in [0.5, 0.6) is 0 Å². The van der Waals surface area contributed by atoms with Gasteiger partial charge in [0.15, 0.2) is 0 Å². The summed E-state index contributed by atoms with van der Waals surface area (Å²) < 4.78 is 0. The van der Waals surface area contributed by atoms with Gasteiger partial charge in [-0.15, -0.1) is 0 Å². The molecule has 0 aromatic rings. The molecule has 0 bridgehead atoms. The standard InChI is InChI=1S/C13H26N2O2S/c1-4-18-8-6-11(3)14-13(17)15-7-5-10(2)12(16)9-15/h10-12,16H,4-9H2,1-3H3,(H,14,17). The molecule has 5 heteroatoms. The van der Waals surface area contributed by atoms with Crippen LogP contribution in [-0.4, -0.2) is 52.8 Å². The van der Waals surface area contributed by atoms with Crippen molar-refractivity contribution in [1.29, 1.82) is 0 Å². The van der Waals surface area contributed by atoms with E-state index in [1.54, 1.807) is 4.90 Å². The zero-order valence-corrected chi connectivity index (χ0v) is 12.5. The molecule has 3 unspecified atom stereocenters. The van der Waals surface area contributed by atoms with E-state index in [-0.39, 0.29) is 18.2 Å². The maximum Gasteiger partial charge on any atom is 0.317 e. The summed E-state index contributed by atoms with van der Waals surface area (Å²) >= 11 is 1.89. The average molecular weight is 274 g/mol. The first-order valence-electron chi connectivity index (χ1n) is 6.85. The molecule has 0 aromatic heterocycles. The predicted molar refractivity (Wildman–Crippen MR) is 77.0 cm³/mol. The zero-order chi connectivity index (χ0) is 13.5. The second kappa shape index (κ2) is 7.89. The molecule has 4 nitrogen and oxygen atoms in total. The molecule has 106 valence electrons. The van der Waals surface area contributed by atoms with Crippen LogP contribution >= 0.6 is 11.8 Å². The maximum absolute atomic E-state index is 12.0. The van der Waals surface area contributed by atoms with Crippen LogP contribution in [0.15, 0.2) is 0 Å². The van der Waals surface area contributed by atoms with Crippen LogP contribution in [0.2, 0.25) is 0 Å². The van der Waals surface area contributed by atoms with Crippen LogP contribution in [0.4, 0.5) is 4.79 Å². The number of nitrogens with zero attached hydrogens (tertiary/aromatic N) is 1. The highest BCUT2D eigenvalue weighted by Gasteiger charge is 2.27. The Morgan fingerprint density at radius 2 is 2.33 bits per heavy atom. The van der Waals surface area contributed by atoms with E-state index in [0.29, 0.717) is 12.5 Å². The molecule has 1 heterocycles. The summed E-state index contributed by atoms with van der Waals surface area (Å²) in [6.45, 7) is 7.43. The lowest BCUT2D eigenvalue weighted by Crippen LogP contribution is -2.51. The first-order chi connectivity index (χ1) is 8.54. The fourth-order valence-electron chi connectivity index (χ4n) is 2.01. The molecule has 0 spiro atoms. The fourth-order valence-corrected chi connectivity index (χ4v) is 2.82. The molecule has 0 aromatic carbocycles. The van der Waals surface area contributed by atoms with Crippen LogP contribution < -0.4 is 5.32 Å². The van der Waals surface area contributed by atoms with Crippen molar-refractivity contribution < 1.29 is 9.90 Å². The van der Waals surface area contributed by atoms with E-state index in [4.69, 9.17) is 0 Å². The SMILES string of the molecule is CCSCCC(C)NC(=O)N1CCC(C)C(O)C1. The Bertz CT molecular complexity index is 263. The molecule has 0 radical (unpaired) electrons. The van der Waals surface area contributed by atoms with Crippen molar-refractivity contribution in [1.82, 2.24) is 10.2 Å². The summed E-state index contributed by atoms with van der Waals surface area (Å²) in [4.78, 5) is 13.7. The lowest BCUT2D eigenvalue weighted by Gasteiger charge is -2.34. The third-order valence-electron chi connectivity index (χ3n) is 3.48. The van der Waals surface area contributed by atoms with Crippen molar-refractivity contribution >= 4 is 17.8 Å². The number of hydrogen-bond acceptors (Lipinski definition) is 3. The number of rotatable bonds is 5. The molecule has 2 amide bonds. The van der Waals surface area contributed by atoms with Gasteiger partial charge >= 0.3 is 6.03 Å². The van der Waals surface area contributed by atoms with Crippen molar-refractivity contribution in [3.63, 3.8) is 0 Å². The molecule has 2 N–H and O–H groups in total. The average Bonchev–Trinajstić information content (AvgIpc) is 2.33. The van der Waals surface area contributed by atoms with Crippen LogP contribution in [0.3, 0.4) is 0 Å². The van der Waals surface area contributed by atoms with E-state index in [0.717, 1.165) is 30.9 Å². The van der Waals surface area contributed by atoms with Gasteiger partial charge in [0, 0.05) is 19.1 Å². The number of thioether (sulfide) groups is 1. The summed E-state index contributed by atoms with van der Waals surface area (Å²) in [6, 6.07) is 0.169. The Labute approximate surface area is 115 Å². The molecule has 1 rings (SSSR count). The van der Waals surface area contributed by atoms with E-state index >= 15 is 0 Å². The van der Waals surface area contributed by atoms with E-state index in [1.165, 1.54) is 0 Å². The molecule has 3 atom stereocenters. The van der Waals surface area contributed by atoms with Gasteiger partial charge < -0.3 is 15.3 Å². The Hall–Kier alpha value is -0.420. The summed E-state index contributed by atoms with van der Waals surface area (Å²) in [6.07, 6.45) is 1.50. The largest absolute Gasteiger partial charge is 0.391 e. The number of hydrogen-bond donors (Lipinski definition) is 2. The number of carbonyl (C=O) groups is 1. The predicted octanol–water partition coefficient (Wildman–Crippen LogP) is 1.93. The van der Waals surface area contributed by atoms with E-state index in [2.05, 4.69) is 12.2 Å². The fraction of sp³-hybridized carbons (Fsp3) is 0.923. The minimum atomic E-state index is -0.379. The number of piperidine rings is 1. The lowest BCUT2D eigenvalue weighted by molar-refractivity contribution is 0.0431. The third kappa shape index (κ3) is 5.06. The third-order valence-corrected chi connectivity index (χ3v) is 4.41. The number of aliphatic hydroxyl groups excluding tert-OH is 1. The number of β-amino-alcohol motifs (C(OH)–C–C–N with tert-alkyl or cyclic N) is 1. The number of nitrogens with one attached hydrogen (secondary N) is 1. The van der Waals surface area contributed by atoms with Crippen LogP contribution in [0.25, 0.3) is 0 Å². The first-order valence-corrected chi connectivity index (χ1v) is 8.01. The molecule has 0 aliphatic carbocycles. The summed E-state index contributed by atoms with van der Waals surface area (Å²) in [5.74, 6) is 2.50. The Morgan fingerprint density at radius 3 is 2.94 bits per heavy atom. The minimum Gasteiger partial charge on any atom is -0.391 e. The van der Waals surface area contributed by atoms with Gasteiger partial charge in [0.25, 0.3) is 0 Å². The van der Waals surface area contributed by atoms with Crippen molar-refractivity contribution in [2.24, 2.45) is 5.92 Å². The minimum absolute atomic E-state index is 0.0325. The lowest BCUT2D eigenvalue weighted by atomic mass is 9.96. The number of likely N-dealkylation sites (tertiary alicyclic amines) is 1. The van der Waals surface area contributed by atoms with Crippen LogP contribution in [0.1, 0.15) is 33.6 Å². The van der Waals surface area contributed by atoms with Gasteiger partial charge in [-0.1, -0.05) is 13.8 Å². The summed E-state index contributed by atoms with van der Waals surface area (Å²) in [7, 11) is 0. The van der Waals surface area contributed by atoms with Gasteiger partial charge in [0.05, 0.1) is 6.10 Å². The normalized spacial score (nSPS) is 25.9. The highest BCUT2D eigenvalue weighted by atomic mass is 32.2. The van der Waals surface area contributed by atoms with E-state index < -0.39 is 0 Å². The number of aliphatic hydroxyl groups is 1. The Morgan fingerprint density at radius 1 is 1.61 bits per heavy atom. The Balaban J connectivity index is 2.27. The molecular weight excluding hydrogens is 248 g/mol. The van der Waals surface area contributed by atoms with E-state index in [9.17, 15) is 9.90 Å². The molecule has 0 saturated carbocycles. The van der Waals surface area contributed by atoms with Crippen LogP contribution in [-0.2, 0) is 0 Å². The van der Waals surface area contributed by atoms with Gasteiger partial charge in [-0.05, 0) is 37.2 Å². The van der Waals surface area contributed by atoms with Gasteiger partial charge in [-0.25, -0.2) is 4.79 Å². The van der Waals surface area contributed by atoms with Gasteiger partial charge in [0.1, 0.15) is 0 Å². The zero-order valence-electron chi connectivity index (χ0n) is 11.7. The van der Waals surface area contributed by atoms with E-state index in [1.807, 2.05) is 25.6 Å². The molecule has 18 heavy (non-hydrogen) atoms. The van der Waals surface area contributed by atoms with Crippen molar-refractivity contribution in [3.05, 3.63) is 0 Å². The maximum atomic E-state index is 12.0. The van der Waals surface area contributed by atoms with Crippen LogP contribution in [0, 0.1) is 5.92 Å². The molecule has 1 aliphatic rings. The quantitative estimate of drug-likeness (QED) is 0.753. The smallest absolute Gasteiger partial charge is 0.317 e. The summed E-state index contributed by atoms with van der Waals surface area (Å²) in [5.41, 5.74) is 0. The van der Waals surface area contributed by atoms with Gasteiger partial charge in [-0.3, -0.25) is 0 Å². The number of amides is 2. The van der Waals surface area contributed by atoms with Gasteiger partial charge in [-0.2, -0.15) is 11.8 Å².